The van der Waals surface area contributed by atoms with Crippen molar-refractivity contribution in [2.24, 2.45) is 22.7 Å². The molecule has 6 heteroatoms. The summed E-state index contributed by atoms with van der Waals surface area (Å²) < 4.78 is 19.1. The van der Waals surface area contributed by atoms with E-state index in [1.165, 1.54) is 58.3 Å². The molecular formula is C35H54N2O4. The van der Waals surface area contributed by atoms with Crippen LogP contribution in [0.2, 0.25) is 0 Å². The lowest BCUT2D eigenvalue weighted by Gasteiger charge is -2.63. The van der Waals surface area contributed by atoms with E-state index >= 15 is 0 Å². The maximum atomic E-state index is 12.9. The van der Waals surface area contributed by atoms with Gasteiger partial charge in [0.1, 0.15) is 5.60 Å². The van der Waals surface area contributed by atoms with E-state index < -0.39 is 11.2 Å². The number of hydrogen-bond donors (Lipinski definition) is 1. The number of aliphatic hydroxyl groups is 1. The molecule has 2 aliphatic heterocycles. The van der Waals surface area contributed by atoms with Crippen molar-refractivity contribution in [2.75, 3.05) is 52.5 Å². The zero-order chi connectivity index (χ0) is 28.1. The predicted molar refractivity (Wildman–Crippen MR) is 161 cm³/mol. The smallest absolute Gasteiger partial charge is 0.104 e. The average Bonchev–Trinajstić information content (AvgIpc) is 3.79. The number of hydrogen-bond acceptors (Lipinski definition) is 6. The number of likely N-dealkylation sites (tertiary alicyclic amines) is 2. The van der Waals surface area contributed by atoms with Crippen LogP contribution in [0.4, 0.5) is 0 Å². The van der Waals surface area contributed by atoms with Crippen molar-refractivity contribution in [3.05, 3.63) is 35.8 Å². The second kappa shape index (κ2) is 11.1. The van der Waals surface area contributed by atoms with E-state index in [9.17, 15) is 5.11 Å². The fourth-order valence-corrected chi connectivity index (χ4v) is 10.8. The molecule has 5 fully saturated rings. The number of fused-ring (bicyclic) bond motifs is 5. The highest BCUT2D eigenvalue weighted by molar-refractivity contribution is 5.33. The molecule has 7 atom stereocenters. The molecule has 6 aliphatic rings. The summed E-state index contributed by atoms with van der Waals surface area (Å²) in [5, 5.41) is 12.9. The number of ether oxygens (including phenoxy) is 2. The monoisotopic (exact) mass is 566 g/mol. The number of allylic oxidation sites excluding steroid dienone is 1. The van der Waals surface area contributed by atoms with Crippen LogP contribution in [0.3, 0.4) is 0 Å². The Morgan fingerprint density at radius 1 is 0.878 bits per heavy atom. The zero-order valence-corrected chi connectivity index (χ0v) is 25.7. The van der Waals surface area contributed by atoms with Gasteiger partial charge in [-0.1, -0.05) is 25.5 Å². The Labute approximate surface area is 247 Å². The van der Waals surface area contributed by atoms with E-state index in [2.05, 4.69) is 35.8 Å². The van der Waals surface area contributed by atoms with Gasteiger partial charge in [-0.15, -0.1) is 0 Å². The third-order valence-electron chi connectivity index (χ3n) is 13.3. The summed E-state index contributed by atoms with van der Waals surface area (Å²) >= 11 is 0. The van der Waals surface area contributed by atoms with Crippen LogP contribution in [-0.4, -0.2) is 79.1 Å². The first-order valence-electron chi connectivity index (χ1n) is 17.0. The summed E-state index contributed by atoms with van der Waals surface area (Å²) in [6.45, 7) is 13.4. The molecule has 1 N–H and O–H groups in total. The van der Waals surface area contributed by atoms with Crippen molar-refractivity contribution in [3.63, 3.8) is 0 Å². The fraction of sp³-hybridized carbons (Fsp3) is 0.829. The molecule has 0 amide bonds. The van der Waals surface area contributed by atoms with Gasteiger partial charge < -0.3 is 28.8 Å². The fourth-order valence-electron chi connectivity index (χ4n) is 10.8. The first kappa shape index (κ1) is 28.6. The molecule has 7 rings (SSSR count). The Balaban J connectivity index is 1.09. The normalized spacial score (nSPS) is 43.1. The van der Waals surface area contributed by atoms with E-state index in [0.717, 1.165) is 70.2 Å². The van der Waals surface area contributed by atoms with Gasteiger partial charge in [0.25, 0.3) is 0 Å². The molecule has 41 heavy (non-hydrogen) atoms. The minimum absolute atomic E-state index is 0.173. The molecule has 1 aromatic rings. The van der Waals surface area contributed by atoms with Gasteiger partial charge >= 0.3 is 0 Å². The summed E-state index contributed by atoms with van der Waals surface area (Å²) in [6, 6.07) is 2.10. The first-order valence-corrected chi connectivity index (χ1v) is 17.0. The number of nitrogens with zero attached hydrogens (tertiary/aromatic N) is 2. The lowest BCUT2D eigenvalue weighted by Crippen LogP contribution is -2.64. The van der Waals surface area contributed by atoms with Crippen LogP contribution in [0.1, 0.15) is 96.5 Å². The molecule has 3 saturated carbocycles. The molecular weight excluding hydrogens is 512 g/mol. The lowest BCUT2D eigenvalue weighted by atomic mass is 9.44. The molecule has 1 aromatic heterocycles. The molecule has 2 unspecified atom stereocenters. The van der Waals surface area contributed by atoms with Crippen molar-refractivity contribution in [2.45, 2.75) is 108 Å². The molecule has 0 bridgehead atoms. The van der Waals surface area contributed by atoms with Crippen LogP contribution >= 0.6 is 0 Å². The van der Waals surface area contributed by atoms with E-state index in [1.807, 2.05) is 6.26 Å². The van der Waals surface area contributed by atoms with Crippen LogP contribution in [0, 0.1) is 22.7 Å². The van der Waals surface area contributed by atoms with Gasteiger partial charge in [-0.05, 0) is 127 Å². The molecule has 4 aliphatic carbocycles. The van der Waals surface area contributed by atoms with Crippen molar-refractivity contribution >= 4 is 0 Å². The SMILES string of the molecule is C[C@]12CCC(OCCN3CCCC3)C=C1CC[C@@H]1[C@H]2CC[C@]2(C)C(OCCN3CCCC3)(c3ccoc3)CC[C@@]12O. The van der Waals surface area contributed by atoms with Gasteiger partial charge in [-0.2, -0.15) is 0 Å². The summed E-state index contributed by atoms with van der Waals surface area (Å²) in [7, 11) is 0. The highest BCUT2D eigenvalue weighted by atomic mass is 16.5. The van der Waals surface area contributed by atoms with Crippen molar-refractivity contribution in [3.8, 4) is 0 Å². The quantitative estimate of drug-likeness (QED) is 0.362. The minimum atomic E-state index is -0.724. The first-order chi connectivity index (χ1) is 19.9. The molecule has 2 saturated heterocycles. The van der Waals surface area contributed by atoms with Gasteiger partial charge in [-0.25, -0.2) is 0 Å². The number of furan rings is 1. The van der Waals surface area contributed by atoms with Crippen LogP contribution in [0.15, 0.2) is 34.7 Å². The summed E-state index contributed by atoms with van der Waals surface area (Å²) in [6.07, 6.45) is 20.0. The highest BCUT2D eigenvalue weighted by Gasteiger charge is 2.72. The third-order valence-corrected chi connectivity index (χ3v) is 13.3. The maximum Gasteiger partial charge on any atom is 0.104 e. The Kier molecular flexibility index (Phi) is 7.72. The molecule has 3 heterocycles. The van der Waals surface area contributed by atoms with Gasteiger partial charge in [-0.3, -0.25) is 0 Å². The van der Waals surface area contributed by atoms with E-state index in [-0.39, 0.29) is 16.9 Å². The van der Waals surface area contributed by atoms with Gasteiger partial charge in [0.2, 0.25) is 0 Å². The average molecular weight is 567 g/mol. The topological polar surface area (TPSA) is 58.3 Å². The summed E-state index contributed by atoms with van der Waals surface area (Å²) in [5.74, 6) is 0.836. The van der Waals surface area contributed by atoms with E-state index in [1.54, 1.807) is 11.8 Å². The number of rotatable bonds is 9. The standard InChI is InChI=1S/C35H54N2O4/c1-32-12-9-29(40-23-20-36-16-3-4-17-36)25-27(32)7-8-31-30(32)10-13-33(2)34(31,38)14-15-35(33,28-11-22-39-26-28)41-24-21-37-18-5-6-19-37/h11,22,25-26,29-31,38H,3-10,12-21,23-24H2,1-2H3/t29?,30-,31-,32+,33+,34-,35?/m1/s1. The molecule has 228 valence electrons. The Hall–Kier alpha value is -1.18. The van der Waals surface area contributed by atoms with Crippen LogP contribution in [-0.2, 0) is 15.1 Å². The van der Waals surface area contributed by atoms with Gasteiger partial charge in [0, 0.05) is 24.1 Å². The van der Waals surface area contributed by atoms with Crippen LogP contribution < -0.4 is 0 Å². The maximum absolute atomic E-state index is 12.9. The largest absolute Gasteiger partial charge is 0.472 e. The van der Waals surface area contributed by atoms with Crippen molar-refractivity contribution in [1.82, 2.24) is 9.80 Å². The van der Waals surface area contributed by atoms with Crippen LogP contribution in [0.25, 0.3) is 0 Å². The second-order valence-electron chi connectivity index (χ2n) is 14.9. The van der Waals surface area contributed by atoms with E-state index in [4.69, 9.17) is 13.9 Å². The molecule has 6 nitrogen and oxygen atoms in total. The third kappa shape index (κ3) is 4.61. The van der Waals surface area contributed by atoms with Crippen molar-refractivity contribution in [1.29, 1.82) is 0 Å². The Morgan fingerprint density at radius 3 is 2.32 bits per heavy atom. The summed E-state index contributed by atoms with van der Waals surface area (Å²) in [5.41, 5.74) is 1.38. The Morgan fingerprint density at radius 2 is 1.61 bits per heavy atom. The summed E-state index contributed by atoms with van der Waals surface area (Å²) in [4.78, 5) is 5.08. The molecule has 0 spiro atoms. The second-order valence-corrected chi connectivity index (χ2v) is 14.9. The van der Waals surface area contributed by atoms with Gasteiger partial charge in [0.15, 0.2) is 0 Å². The highest BCUT2D eigenvalue weighted by Crippen LogP contribution is 2.72. The predicted octanol–water partition coefficient (Wildman–Crippen LogP) is 6.15. The zero-order valence-electron chi connectivity index (χ0n) is 25.7. The van der Waals surface area contributed by atoms with E-state index in [0.29, 0.717) is 18.4 Å². The minimum Gasteiger partial charge on any atom is -0.472 e. The lowest BCUT2D eigenvalue weighted by molar-refractivity contribution is -0.236. The molecule has 0 aromatic carbocycles. The molecule has 0 radical (unpaired) electrons. The van der Waals surface area contributed by atoms with Crippen molar-refractivity contribution < 1.29 is 19.0 Å². The van der Waals surface area contributed by atoms with Gasteiger partial charge in [0.05, 0.1) is 37.4 Å². The van der Waals surface area contributed by atoms with Crippen LogP contribution in [0.5, 0.6) is 0 Å². The Bertz CT molecular complexity index is 1080.